The molecule has 0 unspecified atom stereocenters. The number of guanidine groups is 1. The lowest BCUT2D eigenvalue weighted by molar-refractivity contribution is 0.0792. The molecule has 3 rings (SSSR count). The normalized spacial score (nSPS) is 15.4. The third kappa shape index (κ3) is 7.14. The summed E-state index contributed by atoms with van der Waals surface area (Å²) in [5.41, 5.74) is 3.50. The SMILES string of the molecule is CCNC(=NCc1ccc(CN2CCC(O)CC2)cc1)NCc1ccc(OC)cc1OC. The second-order valence-corrected chi connectivity index (χ2v) is 8.05. The van der Waals surface area contributed by atoms with E-state index in [9.17, 15) is 5.11 Å². The van der Waals surface area contributed by atoms with Crippen molar-refractivity contribution in [2.24, 2.45) is 4.99 Å². The molecule has 3 N–H and O–H groups in total. The number of nitrogens with one attached hydrogen (secondary N) is 2. The molecule has 0 saturated carbocycles. The van der Waals surface area contributed by atoms with Gasteiger partial charge >= 0.3 is 0 Å². The number of aliphatic imine (C=N–C) groups is 1. The summed E-state index contributed by atoms with van der Waals surface area (Å²) in [6.45, 7) is 6.90. The molecular weight excluding hydrogens is 404 g/mol. The zero-order valence-electron chi connectivity index (χ0n) is 19.4. The van der Waals surface area contributed by atoms with Gasteiger partial charge in [0.1, 0.15) is 11.5 Å². The van der Waals surface area contributed by atoms with Crippen LogP contribution in [0.15, 0.2) is 47.5 Å². The van der Waals surface area contributed by atoms with Gasteiger partial charge in [-0.15, -0.1) is 0 Å². The minimum Gasteiger partial charge on any atom is -0.497 e. The van der Waals surface area contributed by atoms with Gasteiger partial charge in [-0.3, -0.25) is 4.90 Å². The van der Waals surface area contributed by atoms with Gasteiger partial charge in [0.15, 0.2) is 5.96 Å². The fourth-order valence-corrected chi connectivity index (χ4v) is 3.77. The predicted octanol–water partition coefficient (Wildman–Crippen LogP) is 2.92. The summed E-state index contributed by atoms with van der Waals surface area (Å²) in [5, 5.41) is 16.3. The zero-order valence-corrected chi connectivity index (χ0v) is 19.4. The number of methoxy groups -OCH3 is 2. The first kappa shape index (κ1) is 23.9. The lowest BCUT2D eigenvalue weighted by atomic mass is 10.1. The van der Waals surface area contributed by atoms with Crippen LogP contribution in [0.25, 0.3) is 0 Å². The molecule has 0 aliphatic carbocycles. The van der Waals surface area contributed by atoms with Crippen molar-refractivity contribution in [1.82, 2.24) is 15.5 Å². The minimum absolute atomic E-state index is 0.128. The molecule has 1 aliphatic heterocycles. The van der Waals surface area contributed by atoms with Crippen LogP contribution in [-0.4, -0.2) is 55.9 Å². The van der Waals surface area contributed by atoms with E-state index in [-0.39, 0.29) is 6.10 Å². The number of rotatable bonds is 9. The Hall–Kier alpha value is -2.77. The van der Waals surface area contributed by atoms with Crippen LogP contribution in [-0.2, 0) is 19.6 Å². The van der Waals surface area contributed by atoms with Crippen molar-refractivity contribution in [1.29, 1.82) is 0 Å². The van der Waals surface area contributed by atoms with E-state index in [1.165, 1.54) is 11.1 Å². The van der Waals surface area contributed by atoms with Crippen LogP contribution in [0.1, 0.15) is 36.5 Å². The molecule has 174 valence electrons. The predicted molar refractivity (Wildman–Crippen MR) is 128 cm³/mol. The van der Waals surface area contributed by atoms with Crippen molar-refractivity contribution in [3.05, 3.63) is 59.2 Å². The summed E-state index contributed by atoms with van der Waals surface area (Å²) in [6.07, 6.45) is 1.61. The van der Waals surface area contributed by atoms with Crippen LogP contribution >= 0.6 is 0 Å². The molecule has 0 atom stereocenters. The van der Waals surface area contributed by atoms with E-state index in [4.69, 9.17) is 14.5 Å². The Labute approximate surface area is 191 Å². The van der Waals surface area contributed by atoms with Gasteiger partial charge in [-0.1, -0.05) is 24.3 Å². The van der Waals surface area contributed by atoms with Crippen LogP contribution in [0, 0.1) is 0 Å². The second-order valence-electron chi connectivity index (χ2n) is 8.05. The quantitative estimate of drug-likeness (QED) is 0.411. The molecule has 0 bridgehead atoms. The van der Waals surface area contributed by atoms with E-state index >= 15 is 0 Å². The Balaban J connectivity index is 1.55. The van der Waals surface area contributed by atoms with Crippen molar-refractivity contribution < 1.29 is 14.6 Å². The molecule has 1 saturated heterocycles. The Morgan fingerprint density at radius 1 is 1.03 bits per heavy atom. The molecule has 7 heteroatoms. The molecule has 0 radical (unpaired) electrons. The Kier molecular flexibility index (Phi) is 9.19. The number of aliphatic hydroxyl groups excluding tert-OH is 1. The minimum atomic E-state index is -0.128. The molecule has 1 heterocycles. The number of hydrogen-bond donors (Lipinski definition) is 3. The molecular formula is C25H36N4O3. The molecule has 2 aromatic rings. The third-order valence-electron chi connectivity index (χ3n) is 5.69. The third-order valence-corrected chi connectivity index (χ3v) is 5.69. The van der Waals surface area contributed by atoms with Gasteiger partial charge < -0.3 is 25.2 Å². The summed E-state index contributed by atoms with van der Waals surface area (Å²) in [5.74, 6) is 2.32. The number of nitrogens with zero attached hydrogens (tertiary/aromatic N) is 2. The van der Waals surface area contributed by atoms with Gasteiger partial charge in [-0.25, -0.2) is 4.99 Å². The highest BCUT2D eigenvalue weighted by atomic mass is 16.5. The van der Waals surface area contributed by atoms with Crippen LogP contribution in [0.5, 0.6) is 11.5 Å². The maximum atomic E-state index is 9.66. The lowest BCUT2D eigenvalue weighted by Gasteiger charge is -2.29. The van der Waals surface area contributed by atoms with Crippen LogP contribution < -0.4 is 20.1 Å². The monoisotopic (exact) mass is 440 g/mol. The summed E-state index contributed by atoms with van der Waals surface area (Å²) in [6, 6.07) is 14.5. The van der Waals surface area contributed by atoms with Crippen LogP contribution in [0.3, 0.4) is 0 Å². The number of ether oxygens (including phenoxy) is 2. The van der Waals surface area contributed by atoms with E-state index in [2.05, 4.69) is 46.7 Å². The second kappa shape index (κ2) is 12.3. The molecule has 0 spiro atoms. The first-order valence-electron chi connectivity index (χ1n) is 11.3. The van der Waals surface area contributed by atoms with Crippen molar-refractivity contribution >= 4 is 5.96 Å². The van der Waals surface area contributed by atoms with E-state index in [0.717, 1.165) is 62.0 Å². The van der Waals surface area contributed by atoms with E-state index in [1.807, 2.05) is 18.2 Å². The first-order chi connectivity index (χ1) is 15.6. The highest BCUT2D eigenvalue weighted by Crippen LogP contribution is 2.24. The molecule has 1 fully saturated rings. The molecule has 0 aromatic heterocycles. The largest absolute Gasteiger partial charge is 0.497 e. The molecule has 32 heavy (non-hydrogen) atoms. The molecule has 7 nitrogen and oxygen atoms in total. The van der Waals surface area contributed by atoms with Crippen LogP contribution in [0.2, 0.25) is 0 Å². The summed E-state index contributed by atoms with van der Waals surface area (Å²) in [4.78, 5) is 7.14. The molecule has 1 aliphatic rings. The number of aliphatic hydroxyl groups is 1. The summed E-state index contributed by atoms with van der Waals surface area (Å²) in [7, 11) is 3.31. The van der Waals surface area contributed by atoms with Gasteiger partial charge in [-0.05, 0) is 43.0 Å². The number of hydrogen-bond acceptors (Lipinski definition) is 5. The zero-order chi connectivity index (χ0) is 22.8. The average Bonchev–Trinajstić information content (AvgIpc) is 2.83. The Morgan fingerprint density at radius 2 is 1.75 bits per heavy atom. The Morgan fingerprint density at radius 3 is 2.41 bits per heavy atom. The Bertz CT molecular complexity index is 862. The van der Waals surface area contributed by atoms with E-state index < -0.39 is 0 Å². The molecule has 2 aromatic carbocycles. The van der Waals surface area contributed by atoms with Gasteiger partial charge in [0.2, 0.25) is 0 Å². The number of likely N-dealkylation sites (tertiary alicyclic amines) is 1. The number of benzene rings is 2. The molecule has 0 amide bonds. The summed E-state index contributed by atoms with van der Waals surface area (Å²) >= 11 is 0. The van der Waals surface area contributed by atoms with Gasteiger partial charge in [-0.2, -0.15) is 0 Å². The van der Waals surface area contributed by atoms with Gasteiger partial charge in [0, 0.05) is 44.4 Å². The van der Waals surface area contributed by atoms with E-state index in [0.29, 0.717) is 13.1 Å². The standard InChI is InChI=1S/C25H36N4O3/c1-4-26-25(28-17-21-9-10-23(31-2)15-24(21)32-3)27-16-19-5-7-20(8-6-19)18-29-13-11-22(30)12-14-29/h5-10,15,22,30H,4,11-14,16-18H2,1-3H3,(H2,26,27,28). The maximum Gasteiger partial charge on any atom is 0.191 e. The fourth-order valence-electron chi connectivity index (χ4n) is 3.77. The fraction of sp³-hybridized carbons (Fsp3) is 0.480. The highest BCUT2D eigenvalue weighted by molar-refractivity contribution is 5.79. The maximum absolute atomic E-state index is 9.66. The average molecular weight is 441 g/mol. The first-order valence-corrected chi connectivity index (χ1v) is 11.3. The smallest absolute Gasteiger partial charge is 0.191 e. The van der Waals surface area contributed by atoms with E-state index in [1.54, 1.807) is 14.2 Å². The van der Waals surface area contributed by atoms with Crippen molar-refractivity contribution in [2.75, 3.05) is 33.9 Å². The van der Waals surface area contributed by atoms with Crippen molar-refractivity contribution in [3.63, 3.8) is 0 Å². The highest BCUT2D eigenvalue weighted by Gasteiger charge is 2.16. The van der Waals surface area contributed by atoms with Crippen molar-refractivity contribution in [2.45, 2.75) is 45.5 Å². The lowest BCUT2D eigenvalue weighted by Crippen LogP contribution is -2.36. The van der Waals surface area contributed by atoms with Gasteiger partial charge in [0.05, 0.1) is 26.9 Å². The topological polar surface area (TPSA) is 78.4 Å². The summed E-state index contributed by atoms with van der Waals surface area (Å²) < 4.78 is 10.8. The van der Waals surface area contributed by atoms with Crippen molar-refractivity contribution in [3.8, 4) is 11.5 Å². The van der Waals surface area contributed by atoms with Gasteiger partial charge in [0.25, 0.3) is 0 Å². The number of piperidine rings is 1. The van der Waals surface area contributed by atoms with Crippen LogP contribution in [0.4, 0.5) is 0 Å².